The number of hydrogen-bond acceptors (Lipinski definition) is 3. The van der Waals surface area contributed by atoms with Crippen LogP contribution in [0.25, 0.3) is 0 Å². The lowest BCUT2D eigenvalue weighted by molar-refractivity contribution is 0.0692. The summed E-state index contributed by atoms with van der Waals surface area (Å²) in [6.07, 6.45) is 0.705. The van der Waals surface area contributed by atoms with Gasteiger partial charge in [-0.1, -0.05) is 6.92 Å². The van der Waals surface area contributed by atoms with Crippen LogP contribution in [0.5, 0.6) is 0 Å². The van der Waals surface area contributed by atoms with Crippen molar-refractivity contribution in [2.24, 2.45) is 5.92 Å². The lowest BCUT2D eigenvalue weighted by atomic mass is 10.1. The van der Waals surface area contributed by atoms with Crippen molar-refractivity contribution in [1.82, 2.24) is 4.31 Å². The molecule has 0 radical (unpaired) electrons. The molecule has 0 saturated carbocycles. The Bertz CT molecular complexity index is 644. The van der Waals surface area contributed by atoms with Gasteiger partial charge in [-0.15, -0.1) is 0 Å². The zero-order valence-corrected chi connectivity index (χ0v) is 12.0. The van der Waals surface area contributed by atoms with E-state index in [1.807, 2.05) is 6.92 Å². The summed E-state index contributed by atoms with van der Waals surface area (Å²) >= 11 is 0. The van der Waals surface area contributed by atoms with E-state index in [1.165, 1.54) is 4.31 Å². The Kier molecular flexibility index (Phi) is 3.84. The highest BCUT2D eigenvalue weighted by Gasteiger charge is 2.38. The van der Waals surface area contributed by atoms with Crippen LogP contribution in [0, 0.1) is 11.7 Å². The highest BCUT2D eigenvalue weighted by atomic mass is 32.2. The van der Waals surface area contributed by atoms with Crippen molar-refractivity contribution in [3.8, 4) is 0 Å². The molecule has 1 aliphatic heterocycles. The van der Waals surface area contributed by atoms with Crippen LogP contribution in [0.3, 0.4) is 0 Å². The predicted octanol–water partition coefficient (Wildman–Crippen LogP) is 1.94. The number of benzene rings is 1. The van der Waals surface area contributed by atoms with E-state index in [9.17, 15) is 17.6 Å². The number of rotatable bonds is 3. The Balaban J connectivity index is 2.55. The van der Waals surface area contributed by atoms with Crippen LogP contribution in [-0.4, -0.2) is 36.4 Å². The van der Waals surface area contributed by atoms with E-state index >= 15 is 0 Å². The molecule has 5 nitrogen and oxygen atoms in total. The molecule has 1 fully saturated rings. The van der Waals surface area contributed by atoms with Gasteiger partial charge >= 0.3 is 5.97 Å². The Labute approximate surface area is 117 Å². The van der Waals surface area contributed by atoms with E-state index in [2.05, 4.69) is 0 Å². The maximum atomic E-state index is 13.3. The topological polar surface area (TPSA) is 74.7 Å². The summed E-state index contributed by atoms with van der Waals surface area (Å²) in [5.74, 6) is -1.96. The zero-order chi connectivity index (χ0) is 15.1. The fraction of sp³-hybridized carbons (Fsp3) is 0.462. The minimum absolute atomic E-state index is 0.196. The van der Waals surface area contributed by atoms with Gasteiger partial charge in [0.25, 0.3) is 0 Å². The number of sulfonamides is 1. The fourth-order valence-corrected chi connectivity index (χ4v) is 4.57. The third kappa shape index (κ3) is 2.55. The first-order chi connectivity index (χ1) is 9.23. The predicted molar refractivity (Wildman–Crippen MR) is 70.5 cm³/mol. The van der Waals surface area contributed by atoms with Gasteiger partial charge in [-0.25, -0.2) is 17.6 Å². The van der Waals surface area contributed by atoms with Gasteiger partial charge in [0.1, 0.15) is 5.82 Å². The van der Waals surface area contributed by atoms with Gasteiger partial charge in [-0.2, -0.15) is 4.31 Å². The number of carbonyl (C=O) groups is 1. The summed E-state index contributed by atoms with van der Waals surface area (Å²) in [6.45, 7) is 4.01. The smallest absolute Gasteiger partial charge is 0.337 e. The van der Waals surface area contributed by atoms with Crippen LogP contribution >= 0.6 is 0 Å². The Morgan fingerprint density at radius 1 is 1.40 bits per heavy atom. The first kappa shape index (κ1) is 14.9. The molecule has 7 heteroatoms. The van der Waals surface area contributed by atoms with Crippen molar-refractivity contribution in [2.45, 2.75) is 31.2 Å². The largest absolute Gasteiger partial charge is 0.478 e. The Hall–Kier alpha value is -1.47. The molecule has 2 rings (SSSR count). The number of carboxylic acids is 1. The number of carboxylic acid groups (broad SMARTS) is 1. The summed E-state index contributed by atoms with van der Waals surface area (Å²) in [7, 11) is -4.01. The maximum absolute atomic E-state index is 13.3. The molecule has 0 bridgehead atoms. The van der Waals surface area contributed by atoms with E-state index in [0.717, 1.165) is 18.2 Å². The lowest BCUT2D eigenvalue weighted by Crippen LogP contribution is -2.35. The number of halogens is 1. The molecule has 1 aromatic rings. The average molecular weight is 301 g/mol. The molecule has 0 amide bonds. The minimum atomic E-state index is -4.01. The van der Waals surface area contributed by atoms with Crippen LogP contribution in [-0.2, 0) is 10.0 Å². The van der Waals surface area contributed by atoms with Gasteiger partial charge in [-0.3, -0.25) is 0 Å². The molecule has 0 aliphatic carbocycles. The van der Waals surface area contributed by atoms with Crippen LogP contribution in [0.1, 0.15) is 30.6 Å². The van der Waals surface area contributed by atoms with E-state index in [-0.39, 0.29) is 12.0 Å². The second-order valence-electron chi connectivity index (χ2n) is 5.21. The molecule has 1 heterocycles. The van der Waals surface area contributed by atoms with E-state index in [1.54, 1.807) is 6.92 Å². The van der Waals surface area contributed by atoms with Crippen molar-refractivity contribution < 1.29 is 22.7 Å². The van der Waals surface area contributed by atoms with Crippen LogP contribution < -0.4 is 0 Å². The monoisotopic (exact) mass is 301 g/mol. The second kappa shape index (κ2) is 5.14. The molecular weight excluding hydrogens is 285 g/mol. The molecular formula is C13H16FNO4S. The van der Waals surface area contributed by atoms with Gasteiger partial charge in [0, 0.05) is 12.6 Å². The summed E-state index contributed by atoms with van der Waals surface area (Å²) in [4.78, 5) is 10.7. The zero-order valence-electron chi connectivity index (χ0n) is 11.2. The molecule has 20 heavy (non-hydrogen) atoms. The fourth-order valence-electron chi connectivity index (χ4n) is 2.61. The molecule has 0 aromatic heterocycles. The van der Waals surface area contributed by atoms with Crippen molar-refractivity contribution in [1.29, 1.82) is 0 Å². The quantitative estimate of drug-likeness (QED) is 0.926. The molecule has 1 N–H and O–H groups in total. The van der Waals surface area contributed by atoms with Crippen molar-refractivity contribution >= 4 is 16.0 Å². The Morgan fingerprint density at radius 3 is 2.55 bits per heavy atom. The van der Waals surface area contributed by atoms with E-state index < -0.39 is 32.3 Å². The summed E-state index contributed by atoms with van der Waals surface area (Å²) < 4.78 is 39.7. The SMILES string of the molecule is CC1CC(C)N(S(=O)(=O)c2cc(F)ccc2C(=O)O)C1. The Morgan fingerprint density at radius 2 is 2.05 bits per heavy atom. The number of nitrogens with zero attached hydrogens (tertiary/aromatic N) is 1. The van der Waals surface area contributed by atoms with Crippen molar-refractivity contribution in [2.75, 3.05) is 6.54 Å². The standard InChI is InChI=1S/C13H16FNO4S/c1-8-5-9(2)15(7-8)20(18,19)12-6-10(14)3-4-11(12)13(16)17/h3-4,6,8-9H,5,7H2,1-2H3,(H,16,17). The summed E-state index contributed by atoms with van der Waals surface area (Å²) in [5.41, 5.74) is -0.404. The average Bonchev–Trinajstić information content (AvgIpc) is 2.68. The second-order valence-corrected chi connectivity index (χ2v) is 7.07. The van der Waals surface area contributed by atoms with E-state index in [0.29, 0.717) is 13.0 Å². The minimum Gasteiger partial charge on any atom is -0.478 e. The van der Waals surface area contributed by atoms with Gasteiger partial charge in [0.15, 0.2) is 0 Å². The highest BCUT2D eigenvalue weighted by molar-refractivity contribution is 7.89. The molecule has 0 spiro atoms. The molecule has 1 saturated heterocycles. The molecule has 1 aliphatic rings. The maximum Gasteiger partial charge on any atom is 0.337 e. The van der Waals surface area contributed by atoms with Crippen LogP contribution in [0.15, 0.2) is 23.1 Å². The van der Waals surface area contributed by atoms with Gasteiger partial charge in [-0.05, 0) is 37.5 Å². The molecule has 2 unspecified atom stereocenters. The lowest BCUT2D eigenvalue weighted by Gasteiger charge is -2.22. The normalized spacial score (nSPS) is 23.9. The molecule has 110 valence electrons. The highest BCUT2D eigenvalue weighted by Crippen LogP contribution is 2.30. The van der Waals surface area contributed by atoms with E-state index in [4.69, 9.17) is 5.11 Å². The molecule has 1 aromatic carbocycles. The van der Waals surface area contributed by atoms with Gasteiger partial charge in [0.2, 0.25) is 10.0 Å². The number of aromatic carboxylic acids is 1. The third-order valence-corrected chi connectivity index (χ3v) is 5.51. The first-order valence-corrected chi connectivity index (χ1v) is 7.72. The van der Waals surface area contributed by atoms with Gasteiger partial charge < -0.3 is 5.11 Å². The summed E-state index contributed by atoms with van der Waals surface area (Å²) in [6, 6.07) is 2.47. The number of hydrogen-bond donors (Lipinski definition) is 1. The van der Waals surface area contributed by atoms with Crippen LogP contribution in [0.2, 0.25) is 0 Å². The third-order valence-electron chi connectivity index (χ3n) is 3.49. The van der Waals surface area contributed by atoms with Gasteiger partial charge in [0.05, 0.1) is 10.5 Å². The molecule has 2 atom stereocenters. The summed E-state index contributed by atoms with van der Waals surface area (Å²) in [5, 5.41) is 9.08. The first-order valence-electron chi connectivity index (χ1n) is 6.28. The van der Waals surface area contributed by atoms with Crippen molar-refractivity contribution in [3.63, 3.8) is 0 Å². The van der Waals surface area contributed by atoms with Crippen molar-refractivity contribution in [3.05, 3.63) is 29.6 Å². The van der Waals surface area contributed by atoms with Crippen LogP contribution in [0.4, 0.5) is 4.39 Å².